The van der Waals surface area contributed by atoms with Crippen LogP contribution in [0, 0.1) is 5.92 Å². The molecule has 16 heavy (non-hydrogen) atoms. The van der Waals surface area contributed by atoms with Crippen LogP contribution in [0.15, 0.2) is 0 Å². The Morgan fingerprint density at radius 1 is 0.938 bits per heavy atom. The summed E-state index contributed by atoms with van der Waals surface area (Å²) in [5, 5.41) is 0. The van der Waals surface area contributed by atoms with Gasteiger partial charge < -0.3 is 0 Å². The van der Waals surface area contributed by atoms with Crippen molar-refractivity contribution in [3.8, 4) is 0 Å². The van der Waals surface area contributed by atoms with Gasteiger partial charge in [0.05, 0.1) is 0 Å². The Balaban J connectivity index is 0. The molecule has 0 aromatic carbocycles. The van der Waals surface area contributed by atoms with Crippen molar-refractivity contribution in [3.63, 3.8) is 0 Å². The molecule has 0 aromatic heterocycles. The molecule has 0 radical (unpaired) electrons. The van der Waals surface area contributed by atoms with Crippen molar-refractivity contribution < 1.29 is 14.4 Å². The Bertz CT molecular complexity index is 145. The van der Waals surface area contributed by atoms with Gasteiger partial charge in [-0.1, -0.05) is 72.1 Å². The minimum atomic E-state index is -2.87. The predicted molar refractivity (Wildman–Crippen MR) is 69.5 cm³/mol. The van der Waals surface area contributed by atoms with Crippen LogP contribution < -0.4 is 0 Å². The first-order valence-electron chi connectivity index (χ1n) is 6.35. The summed E-state index contributed by atoms with van der Waals surface area (Å²) in [5.74, 6) is 0.903. The molecule has 0 aliphatic rings. The van der Waals surface area contributed by atoms with Gasteiger partial charge in [0, 0.05) is 4.57 Å². The maximum atomic E-state index is 8.70. The van der Waals surface area contributed by atoms with Crippen LogP contribution in [0.3, 0.4) is 0 Å². The van der Waals surface area contributed by atoms with E-state index in [1.54, 1.807) is 0 Å². The van der Waals surface area contributed by atoms with E-state index in [1.807, 2.05) is 0 Å². The lowest BCUT2D eigenvalue weighted by atomic mass is 10.0. The standard InChI is InChI=1S/C12H26.HO3P/c1-4-5-6-7-8-9-10-11-12(2)3;1-4(2)3/h12H,4-11H2,1-3H3;(H-,1,2,3)/p+1. The second-order valence-electron chi connectivity index (χ2n) is 4.56. The molecule has 4 heteroatoms. The Labute approximate surface area is 101 Å². The summed E-state index contributed by atoms with van der Waals surface area (Å²) in [6, 6.07) is 0. The zero-order valence-corrected chi connectivity index (χ0v) is 11.9. The van der Waals surface area contributed by atoms with Gasteiger partial charge in [0.2, 0.25) is 0 Å². The molecule has 2 N–H and O–H groups in total. The Hall–Kier alpha value is 0.0200. The molecule has 0 saturated carbocycles. The molecule has 0 aliphatic carbocycles. The van der Waals surface area contributed by atoms with E-state index in [2.05, 4.69) is 20.8 Å². The minimum Gasteiger partial charge on any atom is -0.134 e. The van der Waals surface area contributed by atoms with Crippen molar-refractivity contribution >= 4 is 8.25 Å². The zero-order valence-electron chi connectivity index (χ0n) is 11.0. The molecule has 0 unspecified atom stereocenters. The van der Waals surface area contributed by atoms with Crippen molar-refractivity contribution in [3.05, 3.63) is 0 Å². The van der Waals surface area contributed by atoms with Crippen LogP contribution in [-0.4, -0.2) is 9.79 Å². The molecule has 0 heterocycles. The lowest BCUT2D eigenvalue weighted by Crippen LogP contribution is -1.87. The third kappa shape index (κ3) is 29.2. The van der Waals surface area contributed by atoms with Gasteiger partial charge in [0.15, 0.2) is 0 Å². The molecule has 0 bridgehead atoms. The first-order valence-corrected chi connectivity index (χ1v) is 7.52. The molecule has 0 aliphatic heterocycles. The highest BCUT2D eigenvalue weighted by atomic mass is 31.1. The highest BCUT2D eigenvalue weighted by Gasteiger charge is 1.94. The fraction of sp³-hybridized carbons (Fsp3) is 1.00. The van der Waals surface area contributed by atoms with E-state index in [0.717, 1.165) is 5.92 Å². The van der Waals surface area contributed by atoms with Crippen LogP contribution in [0.4, 0.5) is 0 Å². The first-order chi connectivity index (χ1) is 7.50. The molecular weight excluding hydrogens is 223 g/mol. The number of unbranched alkanes of at least 4 members (excludes halogenated alkanes) is 6. The van der Waals surface area contributed by atoms with Gasteiger partial charge in [-0.05, 0) is 5.92 Å². The highest BCUT2D eigenvalue weighted by molar-refractivity contribution is 7.30. The van der Waals surface area contributed by atoms with Gasteiger partial charge in [-0.2, -0.15) is 0 Å². The summed E-state index contributed by atoms with van der Waals surface area (Å²) in [4.78, 5) is 14.2. The van der Waals surface area contributed by atoms with Crippen molar-refractivity contribution in [2.24, 2.45) is 5.92 Å². The maximum Gasteiger partial charge on any atom is 0.692 e. The average Bonchev–Trinajstić information content (AvgIpc) is 2.15. The van der Waals surface area contributed by atoms with E-state index in [0.29, 0.717) is 0 Å². The molecule has 0 aromatic rings. The van der Waals surface area contributed by atoms with Gasteiger partial charge in [-0.3, -0.25) is 0 Å². The molecule has 0 fully saturated rings. The summed E-state index contributed by atoms with van der Waals surface area (Å²) >= 11 is 0. The van der Waals surface area contributed by atoms with Crippen LogP contribution in [0.25, 0.3) is 0 Å². The minimum absolute atomic E-state index is 0.903. The second kappa shape index (κ2) is 15.0. The molecule has 0 spiro atoms. The van der Waals surface area contributed by atoms with Crippen molar-refractivity contribution in [2.45, 2.75) is 72.1 Å². The normalized spacial score (nSPS) is 9.88. The topological polar surface area (TPSA) is 57.5 Å². The lowest BCUT2D eigenvalue weighted by molar-refractivity contribution is 0.405. The number of hydrogen-bond donors (Lipinski definition) is 2. The van der Waals surface area contributed by atoms with Crippen molar-refractivity contribution in [1.29, 1.82) is 0 Å². The highest BCUT2D eigenvalue weighted by Crippen LogP contribution is 2.11. The monoisotopic (exact) mass is 251 g/mol. The van der Waals surface area contributed by atoms with Crippen molar-refractivity contribution in [2.75, 3.05) is 0 Å². The average molecular weight is 251 g/mol. The Morgan fingerprint density at radius 2 is 1.31 bits per heavy atom. The third-order valence-electron chi connectivity index (χ3n) is 2.39. The van der Waals surface area contributed by atoms with Crippen LogP contribution in [-0.2, 0) is 4.57 Å². The zero-order chi connectivity index (χ0) is 12.8. The van der Waals surface area contributed by atoms with E-state index in [1.165, 1.54) is 51.4 Å². The summed E-state index contributed by atoms with van der Waals surface area (Å²) in [6.07, 6.45) is 11.5. The summed E-state index contributed by atoms with van der Waals surface area (Å²) in [5.41, 5.74) is 0. The molecule has 0 saturated heterocycles. The van der Waals surface area contributed by atoms with E-state index in [-0.39, 0.29) is 0 Å². The number of hydrogen-bond acceptors (Lipinski definition) is 1. The first kappa shape index (κ1) is 18.4. The summed E-state index contributed by atoms with van der Waals surface area (Å²) < 4.78 is 8.70. The maximum absolute atomic E-state index is 8.70. The largest absolute Gasteiger partial charge is 0.692 e. The second-order valence-corrected chi connectivity index (χ2v) is 5.06. The lowest BCUT2D eigenvalue weighted by Gasteiger charge is -2.03. The molecule has 0 rings (SSSR count). The van der Waals surface area contributed by atoms with Crippen LogP contribution in [0.2, 0.25) is 0 Å². The van der Waals surface area contributed by atoms with E-state index in [4.69, 9.17) is 14.4 Å². The summed E-state index contributed by atoms with van der Waals surface area (Å²) in [7, 11) is -2.87. The Morgan fingerprint density at radius 3 is 1.69 bits per heavy atom. The van der Waals surface area contributed by atoms with Crippen LogP contribution in [0.5, 0.6) is 0 Å². The van der Waals surface area contributed by atoms with E-state index in [9.17, 15) is 0 Å². The van der Waals surface area contributed by atoms with Crippen LogP contribution in [0.1, 0.15) is 72.1 Å². The third-order valence-corrected chi connectivity index (χ3v) is 2.39. The molecule has 0 amide bonds. The molecule has 3 nitrogen and oxygen atoms in total. The quantitative estimate of drug-likeness (QED) is 0.496. The fourth-order valence-corrected chi connectivity index (χ4v) is 1.51. The van der Waals surface area contributed by atoms with Crippen molar-refractivity contribution in [1.82, 2.24) is 0 Å². The molecular formula is C12H28O3P+. The van der Waals surface area contributed by atoms with Gasteiger partial charge in [-0.25, -0.2) is 0 Å². The molecule has 98 valence electrons. The van der Waals surface area contributed by atoms with E-state index < -0.39 is 8.25 Å². The van der Waals surface area contributed by atoms with Gasteiger partial charge in [0.25, 0.3) is 0 Å². The van der Waals surface area contributed by atoms with Gasteiger partial charge >= 0.3 is 8.25 Å². The summed E-state index contributed by atoms with van der Waals surface area (Å²) in [6.45, 7) is 6.91. The number of rotatable bonds is 8. The Kier molecular flexibility index (Phi) is 17.3. The van der Waals surface area contributed by atoms with Crippen LogP contribution >= 0.6 is 8.25 Å². The van der Waals surface area contributed by atoms with E-state index >= 15 is 0 Å². The fourth-order valence-electron chi connectivity index (χ4n) is 1.51. The van der Waals surface area contributed by atoms with Gasteiger partial charge in [-0.15, -0.1) is 9.79 Å². The smallest absolute Gasteiger partial charge is 0.134 e. The van der Waals surface area contributed by atoms with Gasteiger partial charge in [0.1, 0.15) is 0 Å². The molecule has 0 atom stereocenters. The predicted octanol–water partition coefficient (Wildman–Crippen LogP) is 4.41. The SMILES string of the molecule is CCCCCCCCCC(C)C.O=[P+](O)O.